The van der Waals surface area contributed by atoms with E-state index in [2.05, 4.69) is 12.4 Å². The Balaban J connectivity index is 2.87. The van der Waals surface area contributed by atoms with Gasteiger partial charge >= 0.3 is 0 Å². The fourth-order valence-corrected chi connectivity index (χ4v) is 3.31. The summed E-state index contributed by atoms with van der Waals surface area (Å²) < 4.78 is 11.6. The van der Waals surface area contributed by atoms with Crippen LogP contribution in [0.1, 0.15) is 6.92 Å². The largest absolute Gasteiger partial charge is 0.267 e. The summed E-state index contributed by atoms with van der Waals surface area (Å²) in [5.74, 6) is 4.99. The van der Waals surface area contributed by atoms with Crippen LogP contribution in [0, 0.1) is 0 Å². The molecule has 0 aromatic carbocycles. The Morgan fingerprint density at radius 3 is 2.58 bits per heavy atom. The Kier molecular flexibility index (Phi) is 2.58. The lowest BCUT2D eigenvalue weighted by molar-refractivity contribution is 0.685. The second-order valence-corrected chi connectivity index (χ2v) is 5.66. The molecule has 0 saturated carbocycles. The van der Waals surface area contributed by atoms with E-state index in [0.717, 1.165) is 5.57 Å². The summed E-state index contributed by atoms with van der Waals surface area (Å²) in [5.41, 5.74) is 2.36. The summed E-state index contributed by atoms with van der Waals surface area (Å²) >= 11 is 0. The maximum atomic E-state index is 11.6. The van der Waals surface area contributed by atoms with Gasteiger partial charge in [0.15, 0.2) is 0 Å². The van der Waals surface area contributed by atoms with E-state index in [9.17, 15) is 4.21 Å². The van der Waals surface area contributed by atoms with E-state index >= 15 is 0 Å². The minimum Gasteiger partial charge on any atom is -0.267 e. The summed E-state index contributed by atoms with van der Waals surface area (Å²) in [6.07, 6.45) is 5.57. The normalized spacial score (nSPS) is 30.1. The number of hydrogen-bond acceptors (Lipinski definition) is 1. The summed E-state index contributed by atoms with van der Waals surface area (Å²) in [5, 5.41) is 0. The molecule has 0 aliphatic carbocycles. The predicted molar refractivity (Wildman–Crippen MR) is 57.0 cm³/mol. The van der Waals surface area contributed by atoms with E-state index in [-0.39, 0.29) is 0 Å². The molecule has 0 saturated heterocycles. The maximum Gasteiger partial charge on any atom is 0.0412 e. The van der Waals surface area contributed by atoms with Gasteiger partial charge in [-0.3, -0.25) is 4.21 Å². The zero-order valence-corrected chi connectivity index (χ0v) is 8.19. The molecule has 0 radical (unpaired) electrons. The van der Waals surface area contributed by atoms with Crippen molar-refractivity contribution in [1.29, 1.82) is 0 Å². The van der Waals surface area contributed by atoms with E-state index in [4.69, 9.17) is 0 Å². The third kappa shape index (κ3) is 2.11. The van der Waals surface area contributed by atoms with Gasteiger partial charge < -0.3 is 0 Å². The molecule has 1 atom stereocenters. The molecule has 1 aliphatic heterocycles. The third-order valence-corrected chi connectivity index (χ3v) is 3.68. The number of hydrogen-bond donors (Lipinski definition) is 0. The first-order valence-corrected chi connectivity index (χ1v) is 5.92. The highest BCUT2D eigenvalue weighted by atomic mass is 32.2. The van der Waals surface area contributed by atoms with Crippen molar-refractivity contribution in [2.75, 3.05) is 11.5 Å². The average molecular weight is 182 g/mol. The van der Waals surface area contributed by atoms with Crippen molar-refractivity contribution in [1.82, 2.24) is 0 Å². The first-order chi connectivity index (χ1) is 5.55. The molecule has 1 rings (SSSR count). The predicted octanol–water partition coefficient (Wildman–Crippen LogP) is 1.78. The van der Waals surface area contributed by atoms with Gasteiger partial charge in [0.25, 0.3) is 0 Å². The highest BCUT2D eigenvalue weighted by molar-refractivity contribution is 8.00. The van der Waals surface area contributed by atoms with Gasteiger partial charge in [0.05, 0.1) is 0 Å². The topological polar surface area (TPSA) is 17.1 Å². The molecule has 0 bridgehead atoms. The molecule has 0 fully saturated rings. The zero-order chi connectivity index (χ0) is 9.19. The maximum absolute atomic E-state index is 11.6. The SMILES string of the molecule is C=C/C=C\C1=C(C)CS(=C)(=O)C1. The molecule has 0 aromatic heterocycles. The van der Waals surface area contributed by atoms with E-state index < -0.39 is 9.52 Å². The summed E-state index contributed by atoms with van der Waals surface area (Å²) in [6, 6.07) is 0. The van der Waals surface area contributed by atoms with E-state index in [1.165, 1.54) is 5.57 Å². The van der Waals surface area contributed by atoms with Crippen LogP contribution in [0.2, 0.25) is 0 Å². The van der Waals surface area contributed by atoms with Gasteiger partial charge in [-0.25, -0.2) is 0 Å². The van der Waals surface area contributed by atoms with Gasteiger partial charge in [0.2, 0.25) is 0 Å². The van der Waals surface area contributed by atoms with Gasteiger partial charge in [0.1, 0.15) is 0 Å². The van der Waals surface area contributed by atoms with E-state index in [0.29, 0.717) is 11.5 Å². The molecular weight excluding hydrogens is 168 g/mol. The molecule has 2 heteroatoms. The molecule has 12 heavy (non-hydrogen) atoms. The van der Waals surface area contributed by atoms with Crippen molar-refractivity contribution in [3.8, 4) is 0 Å². The van der Waals surface area contributed by atoms with Crippen LogP contribution in [0.3, 0.4) is 0 Å². The number of rotatable bonds is 2. The Labute approximate surface area is 74.5 Å². The van der Waals surface area contributed by atoms with Crippen LogP contribution in [0.5, 0.6) is 0 Å². The first-order valence-electron chi connectivity index (χ1n) is 3.85. The molecule has 1 nitrogen and oxygen atoms in total. The van der Waals surface area contributed by atoms with Crippen molar-refractivity contribution in [2.24, 2.45) is 0 Å². The molecule has 1 aliphatic rings. The minimum atomic E-state index is -1.83. The molecule has 0 spiro atoms. The summed E-state index contributed by atoms with van der Waals surface area (Å²) in [7, 11) is -1.83. The van der Waals surface area contributed by atoms with Crippen molar-refractivity contribution in [3.05, 3.63) is 36.0 Å². The molecule has 0 aromatic rings. The highest BCUT2D eigenvalue weighted by Gasteiger charge is 2.17. The second-order valence-electron chi connectivity index (χ2n) is 3.15. The van der Waals surface area contributed by atoms with Crippen LogP contribution >= 0.6 is 0 Å². The molecule has 0 amide bonds. The van der Waals surface area contributed by atoms with Crippen LogP contribution in [0.25, 0.3) is 0 Å². The molecular formula is C10H14OS. The van der Waals surface area contributed by atoms with Gasteiger partial charge in [-0.15, -0.1) is 0 Å². The third-order valence-electron chi connectivity index (χ3n) is 1.88. The fourth-order valence-electron chi connectivity index (χ4n) is 1.32. The zero-order valence-electron chi connectivity index (χ0n) is 7.38. The van der Waals surface area contributed by atoms with Crippen molar-refractivity contribution >= 4 is 15.4 Å². The lowest BCUT2D eigenvalue weighted by atomic mass is 10.2. The standard InChI is InChI=1S/C10H14OS/c1-4-5-6-10-8-12(3,11)7-9(10)2/h4-6H,1,3,7-8H2,2H3/b6-5-. The van der Waals surface area contributed by atoms with Crippen LogP contribution in [0.4, 0.5) is 0 Å². The van der Waals surface area contributed by atoms with Gasteiger partial charge in [-0.1, -0.05) is 30.4 Å². The van der Waals surface area contributed by atoms with Gasteiger partial charge in [0, 0.05) is 11.5 Å². The van der Waals surface area contributed by atoms with Crippen LogP contribution in [-0.2, 0) is 9.52 Å². The summed E-state index contributed by atoms with van der Waals surface area (Å²) in [4.78, 5) is 0. The molecule has 1 unspecified atom stereocenters. The molecule has 1 heterocycles. The fraction of sp³-hybridized carbons (Fsp3) is 0.300. The van der Waals surface area contributed by atoms with Crippen molar-refractivity contribution in [2.45, 2.75) is 6.92 Å². The lowest BCUT2D eigenvalue weighted by Crippen LogP contribution is -2.02. The van der Waals surface area contributed by atoms with E-state index in [1.54, 1.807) is 6.08 Å². The van der Waals surface area contributed by atoms with Gasteiger partial charge in [-0.05, 0) is 27.9 Å². The highest BCUT2D eigenvalue weighted by Crippen LogP contribution is 2.19. The Morgan fingerprint density at radius 1 is 1.50 bits per heavy atom. The first kappa shape index (κ1) is 9.33. The Morgan fingerprint density at radius 2 is 2.17 bits per heavy atom. The monoisotopic (exact) mass is 182 g/mol. The van der Waals surface area contributed by atoms with Crippen LogP contribution in [-0.4, -0.2) is 21.6 Å². The lowest BCUT2D eigenvalue weighted by Gasteiger charge is -1.94. The van der Waals surface area contributed by atoms with Gasteiger partial charge in [-0.2, -0.15) is 0 Å². The smallest absolute Gasteiger partial charge is 0.0412 e. The van der Waals surface area contributed by atoms with Crippen molar-refractivity contribution in [3.63, 3.8) is 0 Å². The average Bonchev–Trinajstić information content (AvgIpc) is 2.20. The minimum absolute atomic E-state index is 0.628. The molecule has 0 N–H and O–H groups in total. The Bertz CT molecular complexity index is 342. The Hall–Kier alpha value is -0.760. The second kappa shape index (κ2) is 3.31. The van der Waals surface area contributed by atoms with Crippen LogP contribution in [0.15, 0.2) is 36.0 Å². The summed E-state index contributed by atoms with van der Waals surface area (Å²) in [6.45, 7) is 5.60. The van der Waals surface area contributed by atoms with E-state index in [1.807, 2.05) is 19.1 Å². The van der Waals surface area contributed by atoms with Crippen molar-refractivity contribution < 1.29 is 4.21 Å². The van der Waals surface area contributed by atoms with Crippen LogP contribution < -0.4 is 0 Å². The molecule has 66 valence electrons. The quantitative estimate of drug-likeness (QED) is 0.470. The number of allylic oxidation sites excluding steroid dienone is 3.